The monoisotopic (exact) mass is 410 g/mol. The predicted molar refractivity (Wildman–Crippen MR) is 101 cm³/mol. The molecule has 0 saturated carbocycles. The van der Waals surface area contributed by atoms with Crippen molar-refractivity contribution in [2.45, 2.75) is 6.61 Å². The highest BCUT2D eigenvalue weighted by atomic mass is 32.2. The average Bonchev–Trinajstić information content (AvgIpc) is 3.14. The molecule has 7 nitrogen and oxygen atoms in total. The van der Waals surface area contributed by atoms with Gasteiger partial charge in [0.05, 0.1) is 5.75 Å². The van der Waals surface area contributed by atoms with Crippen LogP contribution in [0, 0.1) is 5.82 Å². The van der Waals surface area contributed by atoms with Gasteiger partial charge in [-0.25, -0.2) is 12.8 Å². The van der Waals surface area contributed by atoms with Gasteiger partial charge in [-0.15, -0.1) is 0 Å². The number of halogens is 1. The number of carbonyl (C=O) groups is 1. The quantitative estimate of drug-likeness (QED) is 0.693. The minimum atomic E-state index is -2.99. The van der Waals surface area contributed by atoms with E-state index in [9.17, 15) is 17.6 Å². The van der Waals surface area contributed by atoms with Crippen molar-refractivity contribution in [2.24, 2.45) is 0 Å². The van der Waals surface area contributed by atoms with Crippen LogP contribution in [0.25, 0.3) is 0 Å². The van der Waals surface area contributed by atoms with E-state index < -0.39 is 9.84 Å². The topological polar surface area (TPSA) is 80.1 Å². The first kappa shape index (κ1) is 20.3. The number of ether oxygens (including phenoxy) is 1. The molecule has 1 aliphatic rings. The summed E-state index contributed by atoms with van der Waals surface area (Å²) in [4.78, 5) is 16.3. The van der Waals surface area contributed by atoms with Crippen LogP contribution in [0.15, 0.2) is 40.8 Å². The Kier molecular flexibility index (Phi) is 6.35. The van der Waals surface area contributed by atoms with E-state index in [1.807, 2.05) is 4.90 Å². The molecule has 1 aliphatic heterocycles. The molecule has 28 heavy (non-hydrogen) atoms. The van der Waals surface area contributed by atoms with Gasteiger partial charge < -0.3 is 14.1 Å². The number of benzene rings is 1. The molecular weight excluding hydrogens is 387 g/mol. The number of rotatable bonds is 7. The molecule has 152 valence electrons. The summed E-state index contributed by atoms with van der Waals surface area (Å²) in [7, 11) is -2.99. The molecule has 2 heterocycles. The van der Waals surface area contributed by atoms with Crippen molar-refractivity contribution in [3.63, 3.8) is 0 Å². The van der Waals surface area contributed by atoms with Crippen LogP contribution in [0.5, 0.6) is 5.75 Å². The predicted octanol–water partition coefficient (Wildman–Crippen LogP) is 1.80. The smallest absolute Gasteiger partial charge is 0.289 e. The highest BCUT2D eigenvalue weighted by molar-refractivity contribution is 7.90. The van der Waals surface area contributed by atoms with Crippen molar-refractivity contribution < 1.29 is 26.8 Å². The van der Waals surface area contributed by atoms with Gasteiger partial charge in [0, 0.05) is 39.0 Å². The van der Waals surface area contributed by atoms with Crippen LogP contribution in [0.2, 0.25) is 0 Å². The van der Waals surface area contributed by atoms with Gasteiger partial charge in [0.25, 0.3) is 5.91 Å². The molecule has 0 aliphatic carbocycles. The molecule has 0 radical (unpaired) electrons. The van der Waals surface area contributed by atoms with Crippen LogP contribution in [0.4, 0.5) is 4.39 Å². The van der Waals surface area contributed by atoms with E-state index in [1.165, 1.54) is 30.5 Å². The highest BCUT2D eigenvalue weighted by Gasteiger charge is 2.24. The zero-order chi connectivity index (χ0) is 20.1. The maximum Gasteiger partial charge on any atom is 0.289 e. The fourth-order valence-electron chi connectivity index (χ4n) is 2.88. The second-order valence-corrected chi connectivity index (χ2v) is 9.03. The lowest BCUT2D eigenvalue weighted by molar-refractivity contribution is 0.0609. The third-order valence-corrected chi connectivity index (χ3v) is 5.43. The molecule has 1 amide bonds. The lowest BCUT2D eigenvalue weighted by Crippen LogP contribution is -2.49. The number of piperazine rings is 1. The normalized spacial score (nSPS) is 15.6. The largest absolute Gasteiger partial charge is 0.486 e. The Labute approximate surface area is 163 Å². The number of sulfone groups is 1. The first-order chi connectivity index (χ1) is 13.3. The van der Waals surface area contributed by atoms with Gasteiger partial charge in [0.15, 0.2) is 5.76 Å². The van der Waals surface area contributed by atoms with Crippen LogP contribution in [-0.4, -0.2) is 68.9 Å². The van der Waals surface area contributed by atoms with Crippen LogP contribution in [-0.2, 0) is 16.4 Å². The Balaban J connectivity index is 1.48. The van der Waals surface area contributed by atoms with Crippen LogP contribution < -0.4 is 4.74 Å². The molecule has 0 bridgehead atoms. The van der Waals surface area contributed by atoms with Gasteiger partial charge in [-0.1, -0.05) is 0 Å². The van der Waals surface area contributed by atoms with Crippen LogP contribution >= 0.6 is 0 Å². The summed E-state index contributed by atoms with van der Waals surface area (Å²) in [6.45, 7) is 2.91. The number of hydrogen-bond donors (Lipinski definition) is 0. The summed E-state index contributed by atoms with van der Waals surface area (Å²) >= 11 is 0. The number of hydrogen-bond acceptors (Lipinski definition) is 6. The molecule has 0 unspecified atom stereocenters. The van der Waals surface area contributed by atoms with Gasteiger partial charge in [-0.3, -0.25) is 9.69 Å². The molecule has 0 N–H and O–H groups in total. The SMILES string of the molecule is CS(=O)(=O)CCN1CCN(C(=O)c2ccc(COc3ccc(F)cc3)o2)CC1. The first-order valence-corrected chi connectivity index (χ1v) is 11.0. The van der Waals surface area contributed by atoms with Crippen molar-refractivity contribution >= 4 is 15.7 Å². The van der Waals surface area contributed by atoms with Crippen LogP contribution in [0.3, 0.4) is 0 Å². The molecule has 0 spiro atoms. The van der Waals surface area contributed by atoms with E-state index in [0.29, 0.717) is 44.2 Å². The van der Waals surface area contributed by atoms with Gasteiger partial charge in [-0.2, -0.15) is 0 Å². The fourth-order valence-corrected chi connectivity index (χ4v) is 3.47. The van der Waals surface area contributed by atoms with E-state index >= 15 is 0 Å². The number of furan rings is 1. The van der Waals surface area contributed by atoms with E-state index in [1.54, 1.807) is 17.0 Å². The zero-order valence-electron chi connectivity index (χ0n) is 15.6. The Morgan fingerprint density at radius 2 is 1.79 bits per heavy atom. The number of amides is 1. The van der Waals surface area contributed by atoms with E-state index in [-0.39, 0.29) is 29.8 Å². The third-order valence-electron chi connectivity index (χ3n) is 4.50. The van der Waals surface area contributed by atoms with Crippen molar-refractivity contribution in [1.29, 1.82) is 0 Å². The lowest BCUT2D eigenvalue weighted by atomic mass is 10.3. The molecule has 1 saturated heterocycles. The number of nitrogens with zero attached hydrogens (tertiary/aromatic N) is 2. The molecule has 3 rings (SSSR count). The minimum absolute atomic E-state index is 0.122. The van der Waals surface area contributed by atoms with Crippen molar-refractivity contribution in [2.75, 3.05) is 44.7 Å². The molecule has 2 aromatic rings. The highest BCUT2D eigenvalue weighted by Crippen LogP contribution is 2.17. The van der Waals surface area contributed by atoms with Gasteiger partial charge >= 0.3 is 0 Å². The van der Waals surface area contributed by atoms with E-state index in [0.717, 1.165) is 0 Å². The Morgan fingerprint density at radius 1 is 1.11 bits per heavy atom. The van der Waals surface area contributed by atoms with Crippen molar-refractivity contribution in [3.05, 3.63) is 53.7 Å². The summed E-state index contributed by atoms with van der Waals surface area (Å²) in [5.74, 6) is 0.833. The molecule has 1 fully saturated rings. The Bertz CT molecular complexity index is 903. The minimum Gasteiger partial charge on any atom is -0.486 e. The molecule has 1 aromatic carbocycles. The molecule has 0 atom stereocenters. The average molecular weight is 410 g/mol. The standard InChI is InChI=1S/C19H23FN2O5S/c1-28(24,25)13-12-21-8-10-22(11-9-21)19(23)18-7-6-17(27-18)14-26-16-4-2-15(20)3-5-16/h2-7H,8-14H2,1H3. The van der Waals surface area contributed by atoms with E-state index in [2.05, 4.69) is 0 Å². The molecule has 9 heteroatoms. The summed E-state index contributed by atoms with van der Waals surface area (Å²) in [5.41, 5.74) is 0. The number of carbonyl (C=O) groups excluding carboxylic acids is 1. The summed E-state index contributed by atoms with van der Waals surface area (Å²) < 4.78 is 46.5. The van der Waals surface area contributed by atoms with Crippen molar-refractivity contribution in [3.8, 4) is 5.75 Å². The Hall–Kier alpha value is -2.39. The summed E-state index contributed by atoms with van der Waals surface area (Å²) in [6.07, 6.45) is 1.22. The maximum atomic E-state index is 12.9. The lowest BCUT2D eigenvalue weighted by Gasteiger charge is -2.34. The summed E-state index contributed by atoms with van der Waals surface area (Å²) in [6, 6.07) is 8.95. The summed E-state index contributed by atoms with van der Waals surface area (Å²) in [5, 5.41) is 0. The van der Waals surface area contributed by atoms with E-state index in [4.69, 9.17) is 9.15 Å². The zero-order valence-corrected chi connectivity index (χ0v) is 16.5. The first-order valence-electron chi connectivity index (χ1n) is 8.96. The van der Waals surface area contributed by atoms with Crippen LogP contribution in [0.1, 0.15) is 16.3 Å². The fraction of sp³-hybridized carbons (Fsp3) is 0.421. The van der Waals surface area contributed by atoms with Gasteiger partial charge in [0.1, 0.15) is 33.8 Å². The van der Waals surface area contributed by atoms with Gasteiger partial charge in [-0.05, 0) is 36.4 Å². The second-order valence-electron chi connectivity index (χ2n) is 6.77. The molecule has 1 aromatic heterocycles. The van der Waals surface area contributed by atoms with Gasteiger partial charge in [0.2, 0.25) is 0 Å². The second kappa shape index (κ2) is 8.74. The third kappa shape index (κ3) is 5.80. The maximum absolute atomic E-state index is 12.9. The Morgan fingerprint density at radius 3 is 2.43 bits per heavy atom. The van der Waals surface area contributed by atoms with Crippen molar-refractivity contribution in [1.82, 2.24) is 9.80 Å². The molecular formula is C19H23FN2O5S.